The number of nitrogens with one attached hydrogen (secondary N) is 1. The van der Waals surface area contributed by atoms with Crippen LogP contribution in [-0.2, 0) is 11.2 Å². The molecule has 3 unspecified atom stereocenters. The highest BCUT2D eigenvalue weighted by atomic mass is 16.4. The normalized spacial score (nSPS) is 31.1. The van der Waals surface area contributed by atoms with Gasteiger partial charge in [0.05, 0.1) is 5.54 Å². The molecule has 2 fully saturated rings. The molecule has 1 aromatic rings. The molecule has 5 heteroatoms. The van der Waals surface area contributed by atoms with E-state index in [0.717, 1.165) is 12.8 Å². The van der Waals surface area contributed by atoms with Gasteiger partial charge in [-0.1, -0.05) is 37.3 Å². The van der Waals surface area contributed by atoms with E-state index in [9.17, 15) is 14.7 Å². The first-order chi connectivity index (χ1) is 10.1. The summed E-state index contributed by atoms with van der Waals surface area (Å²) >= 11 is 0. The van der Waals surface area contributed by atoms with Crippen LogP contribution in [0.5, 0.6) is 0 Å². The SMILES string of the molecule is CCC1C(=O)NC2(CC2Cc2ccccc2)CN1C(=O)O. The van der Waals surface area contributed by atoms with Crippen LogP contribution in [0.3, 0.4) is 0 Å². The highest BCUT2D eigenvalue weighted by molar-refractivity contribution is 5.87. The summed E-state index contributed by atoms with van der Waals surface area (Å²) in [5.74, 6) is 0.171. The van der Waals surface area contributed by atoms with Gasteiger partial charge in [-0.3, -0.25) is 9.69 Å². The van der Waals surface area contributed by atoms with Crippen molar-refractivity contribution in [2.45, 2.75) is 37.8 Å². The number of rotatable bonds is 3. The van der Waals surface area contributed by atoms with E-state index in [2.05, 4.69) is 17.4 Å². The lowest BCUT2D eigenvalue weighted by Crippen LogP contribution is -2.63. The minimum absolute atomic E-state index is 0.151. The molecule has 2 N–H and O–H groups in total. The van der Waals surface area contributed by atoms with Crippen molar-refractivity contribution in [2.75, 3.05) is 6.54 Å². The Morgan fingerprint density at radius 3 is 2.76 bits per heavy atom. The van der Waals surface area contributed by atoms with Crippen LogP contribution in [0.15, 0.2) is 30.3 Å². The molecule has 2 aliphatic rings. The molecular weight excluding hydrogens is 268 g/mol. The Bertz CT molecular complexity index is 560. The first-order valence-corrected chi connectivity index (χ1v) is 7.41. The summed E-state index contributed by atoms with van der Waals surface area (Å²) in [6, 6.07) is 9.57. The monoisotopic (exact) mass is 288 g/mol. The minimum Gasteiger partial charge on any atom is -0.465 e. The molecule has 1 spiro atoms. The van der Waals surface area contributed by atoms with Crippen LogP contribution in [0.25, 0.3) is 0 Å². The van der Waals surface area contributed by atoms with Crippen LogP contribution >= 0.6 is 0 Å². The first-order valence-electron chi connectivity index (χ1n) is 7.41. The summed E-state index contributed by atoms with van der Waals surface area (Å²) in [7, 11) is 0. The van der Waals surface area contributed by atoms with Gasteiger partial charge in [0.25, 0.3) is 0 Å². The minimum atomic E-state index is -0.999. The predicted molar refractivity (Wildman–Crippen MR) is 77.9 cm³/mol. The third kappa shape index (κ3) is 2.48. The Hall–Kier alpha value is -2.04. The summed E-state index contributed by atoms with van der Waals surface area (Å²) in [6.45, 7) is 2.25. The van der Waals surface area contributed by atoms with E-state index < -0.39 is 12.1 Å². The molecule has 0 bridgehead atoms. The van der Waals surface area contributed by atoms with Gasteiger partial charge in [0.2, 0.25) is 5.91 Å². The van der Waals surface area contributed by atoms with Crippen LogP contribution in [0.1, 0.15) is 25.3 Å². The number of hydrogen-bond donors (Lipinski definition) is 2. The average Bonchev–Trinajstić information content (AvgIpc) is 3.10. The Kier molecular flexibility index (Phi) is 3.35. The zero-order chi connectivity index (χ0) is 15.0. The van der Waals surface area contributed by atoms with E-state index in [1.165, 1.54) is 10.5 Å². The molecule has 1 aliphatic carbocycles. The molecule has 1 saturated heterocycles. The lowest BCUT2D eigenvalue weighted by molar-refractivity contribution is -0.130. The van der Waals surface area contributed by atoms with E-state index in [1.54, 1.807) is 0 Å². The molecule has 5 nitrogen and oxygen atoms in total. The van der Waals surface area contributed by atoms with Crippen molar-refractivity contribution >= 4 is 12.0 Å². The van der Waals surface area contributed by atoms with E-state index in [-0.39, 0.29) is 11.4 Å². The number of hydrogen-bond acceptors (Lipinski definition) is 2. The molecule has 1 heterocycles. The molecule has 1 aliphatic heterocycles. The molecule has 3 rings (SSSR count). The quantitative estimate of drug-likeness (QED) is 0.892. The van der Waals surface area contributed by atoms with Crippen molar-refractivity contribution in [1.29, 1.82) is 0 Å². The maximum atomic E-state index is 12.2. The molecule has 0 radical (unpaired) electrons. The lowest BCUT2D eigenvalue weighted by Gasteiger charge is -2.38. The van der Waals surface area contributed by atoms with Crippen LogP contribution in [0.4, 0.5) is 4.79 Å². The van der Waals surface area contributed by atoms with Gasteiger partial charge in [0, 0.05) is 6.54 Å². The van der Waals surface area contributed by atoms with Crippen molar-refractivity contribution < 1.29 is 14.7 Å². The van der Waals surface area contributed by atoms with Gasteiger partial charge in [-0.25, -0.2) is 4.79 Å². The molecule has 112 valence electrons. The second-order valence-corrected chi connectivity index (χ2v) is 6.07. The van der Waals surface area contributed by atoms with E-state index in [1.807, 2.05) is 25.1 Å². The second kappa shape index (κ2) is 5.06. The third-order valence-corrected chi connectivity index (χ3v) is 4.69. The van der Waals surface area contributed by atoms with Crippen molar-refractivity contribution in [2.24, 2.45) is 5.92 Å². The van der Waals surface area contributed by atoms with Crippen molar-refractivity contribution in [3.05, 3.63) is 35.9 Å². The molecule has 0 aromatic heterocycles. The van der Waals surface area contributed by atoms with Crippen LogP contribution in [0, 0.1) is 5.92 Å². The Balaban J connectivity index is 1.73. The molecule has 2 amide bonds. The Labute approximate surface area is 123 Å². The summed E-state index contributed by atoms with van der Waals surface area (Å²) in [4.78, 5) is 24.9. The van der Waals surface area contributed by atoms with Gasteiger partial charge in [0.1, 0.15) is 6.04 Å². The Morgan fingerprint density at radius 1 is 1.43 bits per heavy atom. The topological polar surface area (TPSA) is 69.6 Å². The number of carbonyl (C=O) groups is 2. The summed E-state index contributed by atoms with van der Waals surface area (Å²) in [5.41, 5.74) is 0.880. The summed E-state index contributed by atoms with van der Waals surface area (Å²) in [5, 5.41) is 12.4. The number of piperazine rings is 1. The molecule has 3 atom stereocenters. The average molecular weight is 288 g/mol. The van der Waals surface area contributed by atoms with Crippen molar-refractivity contribution in [3.8, 4) is 0 Å². The highest BCUT2D eigenvalue weighted by Gasteiger charge is 2.59. The smallest absolute Gasteiger partial charge is 0.408 e. The maximum Gasteiger partial charge on any atom is 0.408 e. The zero-order valence-electron chi connectivity index (χ0n) is 12.1. The lowest BCUT2D eigenvalue weighted by atomic mass is 10.0. The molecular formula is C16H20N2O3. The summed E-state index contributed by atoms with van der Waals surface area (Å²) < 4.78 is 0. The fourth-order valence-electron chi connectivity index (χ4n) is 3.42. The third-order valence-electron chi connectivity index (χ3n) is 4.69. The van der Waals surface area contributed by atoms with Gasteiger partial charge >= 0.3 is 6.09 Å². The van der Waals surface area contributed by atoms with Crippen LogP contribution in [-0.4, -0.2) is 40.1 Å². The van der Waals surface area contributed by atoms with Gasteiger partial charge < -0.3 is 10.4 Å². The maximum absolute atomic E-state index is 12.2. The van der Waals surface area contributed by atoms with Crippen LogP contribution < -0.4 is 5.32 Å². The van der Waals surface area contributed by atoms with Gasteiger partial charge in [-0.05, 0) is 30.7 Å². The molecule has 21 heavy (non-hydrogen) atoms. The number of nitrogens with zero attached hydrogens (tertiary/aromatic N) is 1. The summed E-state index contributed by atoms with van der Waals surface area (Å²) in [6.07, 6.45) is 1.25. The van der Waals surface area contributed by atoms with Crippen molar-refractivity contribution in [3.63, 3.8) is 0 Å². The van der Waals surface area contributed by atoms with Gasteiger partial charge in [-0.15, -0.1) is 0 Å². The number of amides is 2. The fourth-order valence-corrected chi connectivity index (χ4v) is 3.42. The number of benzene rings is 1. The standard InChI is InChI=1S/C16H20N2O3/c1-2-13-14(19)17-16(10-18(13)15(20)21)9-12(16)8-11-6-4-3-5-7-11/h3-7,12-13H,2,8-10H2,1H3,(H,17,19)(H,20,21). The first kappa shape index (κ1) is 13.9. The highest BCUT2D eigenvalue weighted by Crippen LogP contribution is 2.48. The zero-order valence-corrected chi connectivity index (χ0v) is 12.1. The van der Waals surface area contributed by atoms with E-state index in [4.69, 9.17) is 0 Å². The largest absolute Gasteiger partial charge is 0.465 e. The predicted octanol–water partition coefficient (Wildman–Crippen LogP) is 1.88. The molecule has 1 saturated carbocycles. The van der Waals surface area contributed by atoms with E-state index in [0.29, 0.717) is 18.9 Å². The van der Waals surface area contributed by atoms with E-state index >= 15 is 0 Å². The van der Waals surface area contributed by atoms with Crippen molar-refractivity contribution in [1.82, 2.24) is 10.2 Å². The van der Waals surface area contributed by atoms with Gasteiger partial charge in [0.15, 0.2) is 0 Å². The second-order valence-electron chi connectivity index (χ2n) is 6.07. The number of carbonyl (C=O) groups excluding carboxylic acids is 1. The molecule has 1 aromatic carbocycles. The van der Waals surface area contributed by atoms with Crippen LogP contribution in [0.2, 0.25) is 0 Å². The fraction of sp³-hybridized carbons (Fsp3) is 0.500. The Morgan fingerprint density at radius 2 is 2.14 bits per heavy atom. The number of carboxylic acid groups (broad SMARTS) is 1. The van der Waals surface area contributed by atoms with Gasteiger partial charge in [-0.2, -0.15) is 0 Å².